The number of aliphatic hydroxyl groups is 1. The van der Waals surface area contributed by atoms with Crippen LogP contribution in [-0.4, -0.2) is 11.1 Å². The molecule has 4 heteroatoms. The van der Waals surface area contributed by atoms with Crippen LogP contribution in [0.15, 0.2) is 18.2 Å². The van der Waals surface area contributed by atoms with E-state index in [0.717, 1.165) is 0 Å². The summed E-state index contributed by atoms with van der Waals surface area (Å²) < 4.78 is 12.8. The summed E-state index contributed by atoms with van der Waals surface area (Å²) in [6, 6.07) is 3.35. The summed E-state index contributed by atoms with van der Waals surface area (Å²) >= 11 is 5.75. The Balaban J connectivity index is 3.05. The maximum absolute atomic E-state index is 12.8. The Bertz CT molecular complexity index is 304. The summed E-state index contributed by atoms with van der Waals surface area (Å²) in [6.45, 7) is 1.63. The second-order valence-corrected chi connectivity index (χ2v) is 3.38. The molecule has 0 bridgehead atoms. The molecular weight excluding hydrogens is 193 g/mol. The highest BCUT2D eigenvalue weighted by Crippen LogP contribution is 2.25. The van der Waals surface area contributed by atoms with Gasteiger partial charge in [-0.3, -0.25) is 0 Å². The molecule has 0 aromatic heterocycles. The van der Waals surface area contributed by atoms with E-state index in [-0.39, 0.29) is 0 Å². The van der Waals surface area contributed by atoms with Gasteiger partial charge < -0.3 is 10.8 Å². The van der Waals surface area contributed by atoms with E-state index in [4.69, 9.17) is 17.3 Å². The maximum atomic E-state index is 12.8. The van der Waals surface area contributed by atoms with E-state index in [0.29, 0.717) is 10.6 Å². The number of benzene rings is 1. The molecule has 0 saturated heterocycles. The first-order valence-electron chi connectivity index (χ1n) is 3.91. The lowest BCUT2D eigenvalue weighted by molar-refractivity contribution is 0.153. The van der Waals surface area contributed by atoms with E-state index >= 15 is 0 Å². The second kappa shape index (κ2) is 4.05. The van der Waals surface area contributed by atoms with Crippen LogP contribution in [0.2, 0.25) is 5.02 Å². The molecule has 3 N–H and O–H groups in total. The summed E-state index contributed by atoms with van der Waals surface area (Å²) in [5.74, 6) is -0.431. The van der Waals surface area contributed by atoms with E-state index < -0.39 is 18.0 Å². The lowest BCUT2D eigenvalue weighted by Crippen LogP contribution is -2.24. The maximum Gasteiger partial charge on any atom is 0.123 e. The van der Waals surface area contributed by atoms with Crippen LogP contribution in [0.1, 0.15) is 18.6 Å². The molecule has 0 aliphatic heterocycles. The van der Waals surface area contributed by atoms with Crippen molar-refractivity contribution in [2.75, 3.05) is 0 Å². The Morgan fingerprint density at radius 1 is 1.54 bits per heavy atom. The van der Waals surface area contributed by atoms with Crippen LogP contribution in [0.25, 0.3) is 0 Å². The Kier molecular flexibility index (Phi) is 3.25. The number of rotatable bonds is 2. The van der Waals surface area contributed by atoms with Crippen molar-refractivity contribution in [1.29, 1.82) is 0 Å². The smallest absolute Gasteiger partial charge is 0.123 e. The predicted octanol–water partition coefficient (Wildman–Crippen LogP) is 1.86. The van der Waals surface area contributed by atoms with Gasteiger partial charge in [-0.05, 0) is 25.1 Å². The molecule has 13 heavy (non-hydrogen) atoms. The molecular formula is C9H11ClFNO. The third-order valence-corrected chi connectivity index (χ3v) is 2.12. The van der Waals surface area contributed by atoms with E-state index in [1.807, 2.05) is 0 Å². The molecule has 72 valence electrons. The minimum atomic E-state index is -0.928. The normalized spacial score (nSPS) is 15.5. The first-order valence-corrected chi connectivity index (χ1v) is 4.28. The van der Waals surface area contributed by atoms with Gasteiger partial charge in [-0.1, -0.05) is 11.6 Å². The molecule has 0 aliphatic carbocycles. The third kappa shape index (κ3) is 2.40. The highest BCUT2D eigenvalue weighted by atomic mass is 35.5. The number of halogens is 2. The standard InChI is InChI=1S/C9H11ClFNO/c1-5(12)9(13)7-4-6(11)2-3-8(7)10/h2-5,9,13H,12H2,1H3/t5-,9-/m1/s1. The quantitative estimate of drug-likeness (QED) is 0.771. The Hall–Kier alpha value is -0.640. The van der Waals surface area contributed by atoms with Crippen LogP contribution in [-0.2, 0) is 0 Å². The molecule has 0 heterocycles. The van der Waals surface area contributed by atoms with Crippen LogP contribution in [0.5, 0.6) is 0 Å². The summed E-state index contributed by atoms with van der Waals surface area (Å²) in [4.78, 5) is 0. The molecule has 0 unspecified atom stereocenters. The van der Waals surface area contributed by atoms with Gasteiger partial charge in [-0.15, -0.1) is 0 Å². The average molecular weight is 204 g/mol. The van der Waals surface area contributed by atoms with E-state index in [9.17, 15) is 9.50 Å². The number of nitrogens with two attached hydrogens (primary N) is 1. The number of hydrogen-bond acceptors (Lipinski definition) is 2. The fourth-order valence-corrected chi connectivity index (χ4v) is 1.25. The van der Waals surface area contributed by atoms with Crippen LogP contribution in [0, 0.1) is 5.82 Å². The Morgan fingerprint density at radius 2 is 2.15 bits per heavy atom. The molecule has 1 aromatic rings. The molecule has 0 radical (unpaired) electrons. The SMILES string of the molecule is C[C@@H](N)[C@@H](O)c1cc(F)ccc1Cl. The zero-order valence-electron chi connectivity index (χ0n) is 7.17. The minimum absolute atomic E-state index is 0.325. The van der Waals surface area contributed by atoms with Gasteiger partial charge >= 0.3 is 0 Å². The van der Waals surface area contributed by atoms with Crippen molar-refractivity contribution >= 4 is 11.6 Å². The first-order chi connectivity index (χ1) is 6.02. The van der Waals surface area contributed by atoms with Gasteiger partial charge in [0.15, 0.2) is 0 Å². The molecule has 1 aromatic carbocycles. The van der Waals surface area contributed by atoms with Crippen LogP contribution in [0.3, 0.4) is 0 Å². The molecule has 0 aliphatic rings. The van der Waals surface area contributed by atoms with Gasteiger partial charge in [0.05, 0.1) is 6.10 Å². The zero-order chi connectivity index (χ0) is 10.0. The van der Waals surface area contributed by atoms with Crippen molar-refractivity contribution < 1.29 is 9.50 Å². The molecule has 0 spiro atoms. The molecule has 0 amide bonds. The minimum Gasteiger partial charge on any atom is -0.387 e. The van der Waals surface area contributed by atoms with Crippen LogP contribution in [0.4, 0.5) is 4.39 Å². The summed E-state index contributed by atoms with van der Waals surface area (Å²) in [5, 5.41) is 9.85. The lowest BCUT2D eigenvalue weighted by atomic mass is 10.0. The zero-order valence-corrected chi connectivity index (χ0v) is 7.92. The molecule has 1 rings (SSSR count). The predicted molar refractivity (Wildman–Crippen MR) is 50.0 cm³/mol. The fraction of sp³-hybridized carbons (Fsp3) is 0.333. The Labute approximate surface area is 81.1 Å². The topological polar surface area (TPSA) is 46.2 Å². The van der Waals surface area contributed by atoms with Crippen molar-refractivity contribution in [1.82, 2.24) is 0 Å². The fourth-order valence-electron chi connectivity index (χ4n) is 1.02. The van der Waals surface area contributed by atoms with Gasteiger partial charge in [0.25, 0.3) is 0 Å². The summed E-state index contributed by atoms with van der Waals surface area (Å²) in [7, 11) is 0. The molecule has 2 atom stereocenters. The number of aliphatic hydroxyl groups excluding tert-OH is 1. The summed E-state index contributed by atoms with van der Waals surface area (Å²) in [6.07, 6.45) is -0.928. The Morgan fingerprint density at radius 3 is 2.69 bits per heavy atom. The third-order valence-electron chi connectivity index (χ3n) is 1.77. The number of hydrogen-bond donors (Lipinski definition) is 2. The van der Waals surface area contributed by atoms with Gasteiger partial charge in [-0.2, -0.15) is 0 Å². The highest BCUT2D eigenvalue weighted by Gasteiger charge is 2.16. The first kappa shape index (κ1) is 10.4. The van der Waals surface area contributed by atoms with Crippen molar-refractivity contribution in [3.8, 4) is 0 Å². The van der Waals surface area contributed by atoms with Crippen LogP contribution >= 0.6 is 11.6 Å². The van der Waals surface area contributed by atoms with E-state index in [1.54, 1.807) is 6.92 Å². The van der Waals surface area contributed by atoms with Crippen molar-refractivity contribution in [3.63, 3.8) is 0 Å². The van der Waals surface area contributed by atoms with Gasteiger partial charge in [0.2, 0.25) is 0 Å². The van der Waals surface area contributed by atoms with Gasteiger partial charge in [0, 0.05) is 16.6 Å². The van der Waals surface area contributed by atoms with Crippen molar-refractivity contribution in [2.45, 2.75) is 19.1 Å². The summed E-state index contributed by atoms with van der Waals surface area (Å²) in [5.41, 5.74) is 5.79. The van der Waals surface area contributed by atoms with E-state index in [1.165, 1.54) is 18.2 Å². The average Bonchev–Trinajstić information content (AvgIpc) is 2.08. The van der Waals surface area contributed by atoms with Crippen LogP contribution < -0.4 is 5.73 Å². The molecule has 0 saturated carbocycles. The van der Waals surface area contributed by atoms with Gasteiger partial charge in [0.1, 0.15) is 5.82 Å². The monoisotopic (exact) mass is 203 g/mol. The largest absolute Gasteiger partial charge is 0.387 e. The lowest BCUT2D eigenvalue weighted by Gasteiger charge is -2.15. The van der Waals surface area contributed by atoms with E-state index in [2.05, 4.69) is 0 Å². The molecule has 2 nitrogen and oxygen atoms in total. The highest BCUT2D eigenvalue weighted by molar-refractivity contribution is 6.31. The second-order valence-electron chi connectivity index (χ2n) is 2.97. The van der Waals surface area contributed by atoms with Gasteiger partial charge in [-0.25, -0.2) is 4.39 Å². The molecule has 0 fully saturated rings. The van der Waals surface area contributed by atoms with Crippen molar-refractivity contribution in [2.24, 2.45) is 5.73 Å². The van der Waals surface area contributed by atoms with Crippen molar-refractivity contribution in [3.05, 3.63) is 34.6 Å².